The second-order valence-corrected chi connectivity index (χ2v) is 19.0. The molecule has 0 unspecified atom stereocenters. The van der Waals surface area contributed by atoms with Crippen LogP contribution in [0, 0.1) is 0 Å². The lowest BCUT2D eigenvalue weighted by molar-refractivity contribution is 0.619. The molecule has 8 heteroatoms. The lowest BCUT2D eigenvalue weighted by atomic mass is 10.1. The van der Waals surface area contributed by atoms with E-state index in [1.54, 1.807) is 0 Å². The highest BCUT2D eigenvalue weighted by molar-refractivity contribution is 6.23. The second kappa shape index (κ2) is 15.7. The van der Waals surface area contributed by atoms with Gasteiger partial charge in [0, 0.05) is 66.2 Å². The molecule has 6 aromatic heterocycles. The minimum Gasteiger partial charge on any atom is -0.436 e. The fourth-order valence-electron chi connectivity index (χ4n) is 11.6. The molecule has 0 saturated carbocycles. The maximum atomic E-state index is 6.52. The smallest absolute Gasteiger partial charge is 0.227 e. The third-order valence-electron chi connectivity index (χ3n) is 14.8. The van der Waals surface area contributed by atoms with Crippen molar-refractivity contribution in [2.24, 2.45) is 0 Å². The third kappa shape index (κ3) is 5.96. The van der Waals surface area contributed by atoms with E-state index in [-0.39, 0.29) is 0 Å². The van der Waals surface area contributed by atoms with Crippen molar-refractivity contribution in [1.82, 2.24) is 28.2 Å². The fraction of sp³-hybridized carbons (Fsp3) is 0. The summed E-state index contributed by atoms with van der Waals surface area (Å²) in [6.07, 6.45) is 0. The van der Waals surface area contributed by atoms with Crippen LogP contribution >= 0.6 is 0 Å². The van der Waals surface area contributed by atoms with Gasteiger partial charge in [0.15, 0.2) is 11.2 Å². The SMILES string of the molecule is c1ccc(-n2c3ccccc3c3c4ccccc4n(-c4ccc(-c5nc6ccc(-c7ccc8nc(-c9ccc(-n%10c%11ccccc%11c%11c%12ccccc%12n(-c%12ccccc%12)c%11%10)cc9)oc8c7)cc6o5)cc4)c32)cc1. The van der Waals surface area contributed by atoms with E-state index in [0.717, 1.165) is 78.4 Å². The average molecular weight is 949 g/mol. The molecule has 0 atom stereocenters. The maximum Gasteiger partial charge on any atom is 0.227 e. The number of benzene rings is 10. The van der Waals surface area contributed by atoms with E-state index in [4.69, 9.17) is 18.8 Å². The van der Waals surface area contributed by atoms with Gasteiger partial charge in [-0.25, -0.2) is 9.97 Å². The van der Waals surface area contributed by atoms with Crippen molar-refractivity contribution in [2.45, 2.75) is 0 Å². The summed E-state index contributed by atoms with van der Waals surface area (Å²) in [4.78, 5) is 9.90. The molecule has 0 saturated heterocycles. The molecule has 0 aliphatic rings. The molecule has 0 aliphatic heterocycles. The molecule has 0 N–H and O–H groups in total. The first-order valence-corrected chi connectivity index (χ1v) is 24.9. The summed E-state index contributed by atoms with van der Waals surface area (Å²) in [5.41, 5.74) is 18.0. The minimum absolute atomic E-state index is 0.568. The van der Waals surface area contributed by atoms with Crippen molar-refractivity contribution >= 4 is 87.9 Å². The molecule has 16 rings (SSSR count). The van der Waals surface area contributed by atoms with E-state index in [9.17, 15) is 0 Å². The van der Waals surface area contributed by atoms with Crippen LogP contribution in [0.5, 0.6) is 0 Å². The Labute approximate surface area is 422 Å². The van der Waals surface area contributed by atoms with Gasteiger partial charge in [-0.1, -0.05) is 121 Å². The van der Waals surface area contributed by atoms with Gasteiger partial charge in [-0.2, -0.15) is 0 Å². The molecule has 10 aromatic carbocycles. The Hall–Kier alpha value is -10.2. The maximum absolute atomic E-state index is 6.52. The van der Waals surface area contributed by atoms with Gasteiger partial charge in [0.2, 0.25) is 11.8 Å². The van der Waals surface area contributed by atoms with Gasteiger partial charge >= 0.3 is 0 Å². The highest BCUT2D eigenvalue weighted by atomic mass is 16.4. The molecular weight excluding hydrogens is 909 g/mol. The largest absolute Gasteiger partial charge is 0.436 e. The van der Waals surface area contributed by atoms with E-state index < -0.39 is 0 Å². The Morgan fingerprint density at radius 3 is 0.919 bits per heavy atom. The molecule has 8 nitrogen and oxygen atoms in total. The molecule has 0 aliphatic carbocycles. The monoisotopic (exact) mass is 948 g/mol. The highest BCUT2D eigenvalue weighted by Crippen LogP contribution is 2.43. The summed E-state index contributed by atoms with van der Waals surface area (Å²) >= 11 is 0. The Balaban J connectivity index is 0.718. The number of nitrogens with zero attached hydrogens (tertiary/aromatic N) is 6. The van der Waals surface area contributed by atoms with Gasteiger partial charge in [0.1, 0.15) is 22.3 Å². The first kappa shape index (κ1) is 40.5. The number of aromatic nitrogens is 6. The van der Waals surface area contributed by atoms with Crippen LogP contribution in [0.2, 0.25) is 0 Å². The van der Waals surface area contributed by atoms with Gasteiger partial charge in [-0.05, 0) is 132 Å². The van der Waals surface area contributed by atoms with Crippen LogP contribution in [0.3, 0.4) is 0 Å². The zero-order valence-corrected chi connectivity index (χ0v) is 39.6. The summed E-state index contributed by atoms with van der Waals surface area (Å²) in [5, 5.41) is 7.36. The molecule has 0 radical (unpaired) electrons. The Kier molecular flexibility index (Phi) is 8.58. The van der Waals surface area contributed by atoms with Gasteiger partial charge in [-0.3, -0.25) is 18.3 Å². The van der Waals surface area contributed by atoms with Crippen LogP contribution in [0.25, 0.3) is 145 Å². The van der Waals surface area contributed by atoms with Crippen molar-refractivity contribution in [3.63, 3.8) is 0 Å². The summed E-state index contributed by atoms with van der Waals surface area (Å²) in [5.74, 6) is 1.14. The van der Waals surface area contributed by atoms with Gasteiger partial charge in [-0.15, -0.1) is 0 Å². The normalized spacial score (nSPS) is 12.1. The van der Waals surface area contributed by atoms with Crippen molar-refractivity contribution < 1.29 is 8.83 Å². The van der Waals surface area contributed by atoms with E-state index in [0.29, 0.717) is 22.9 Å². The fourth-order valence-corrected chi connectivity index (χ4v) is 11.6. The van der Waals surface area contributed by atoms with Crippen molar-refractivity contribution in [1.29, 1.82) is 0 Å². The van der Waals surface area contributed by atoms with Crippen molar-refractivity contribution in [3.05, 3.63) is 243 Å². The average Bonchev–Trinajstić information content (AvgIpc) is 4.35. The van der Waals surface area contributed by atoms with Crippen LogP contribution in [-0.2, 0) is 0 Å². The zero-order chi connectivity index (χ0) is 48.4. The first-order valence-electron chi connectivity index (χ1n) is 24.9. The summed E-state index contributed by atoms with van der Waals surface area (Å²) in [6.45, 7) is 0. The summed E-state index contributed by atoms with van der Waals surface area (Å²) in [6, 6.07) is 85.4. The molecule has 346 valence electrons. The molecule has 0 spiro atoms. The molecule has 0 amide bonds. The summed E-state index contributed by atoms with van der Waals surface area (Å²) in [7, 11) is 0. The molecule has 74 heavy (non-hydrogen) atoms. The van der Waals surface area contributed by atoms with E-state index in [1.165, 1.54) is 43.4 Å². The number of fused-ring (bicyclic) bond motifs is 12. The van der Waals surface area contributed by atoms with Crippen molar-refractivity contribution in [2.75, 3.05) is 0 Å². The topological polar surface area (TPSA) is 71.8 Å². The minimum atomic E-state index is 0.568. The number of rotatable bonds is 7. The molecule has 0 fully saturated rings. The molecule has 0 bridgehead atoms. The van der Waals surface area contributed by atoms with E-state index in [2.05, 4.69) is 249 Å². The Morgan fingerprint density at radius 2 is 0.568 bits per heavy atom. The van der Waals surface area contributed by atoms with E-state index >= 15 is 0 Å². The van der Waals surface area contributed by atoms with Crippen LogP contribution in [0.4, 0.5) is 0 Å². The molecule has 16 aromatic rings. The predicted octanol–water partition coefficient (Wildman–Crippen LogP) is 17.1. The van der Waals surface area contributed by atoms with Gasteiger partial charge in [0.05, 0.1) is 22.1 Å². The third-order valence-corrected chi connectivity index (χ3v) is 14.8. The van der Waals surface area contributed by atoms with Gasteiger partial charge in [0.25, 0.3) is 0 Å². The number of para-hydroxylation sites is 6. The van der Waals surface area contributed by atoms with Crippen LogP contribution < -0.4 is 0 Å². The number of oxazole rings is 2. The number of hydrogen-bond donors (Lipinski definition) is 0. The Morgan fingerprint density at radius 1 is 0.270 bits per heavy atom. The van der Waals surface area contributed by atoms with Crippen LogP contribution in [0.15, 0.2) is 251 Å². The van der Waals surface area contributed by atoms with E-state index in [1.807, 2.05) is 12.1 Å². The zero-order valence-electron chi connectivity index (χ0n) is 39.6. The first-order chi connectivity index (χ1) is 36.7. The van der Waals surface area contributed by atoms with Crippen LogP contribution in [-0.4, -0.2) is 28.2 Å². The standard InChI is InChI=1S/C66H40N6O2/c1-3-15-45(16-4-1)69-55-23-11-7-19-49(55)61-51-21-9-13-25-57(51)71(65(61)69)47-33-27-41(28-34-47)63-67-53-37-31-43(39-59(53)73-63)44-32-38-54-60(40-44)74-64(68-54)42-29-35-48(36-30-42)72-58-26-14-10-22-52(58)62-50-20-8-12-24-56(50)70(66(62)72)46-17-5-2-6-18-46/h1-40H. The second-order valence-electron chi connectivity index (χ2n) is 19.0. The Bertz CT molecular complexity index is 4560. The summed E-state index contributed by atoms with van der Waals surface area (Å²) < 4.78 is 22.5. The van der Waals surface area contributed by atoms with Crippen molar-refractivity contribution in [3.8, 4) is 56.8 Å². The van der Waals surface area contributed by atoms with Crippen LogP contribution in [0.1, 0.15) is 0 Å². The molecule has 6 heterocycles. The number of hydrogen-bond acceptors (Lipinski definition) is 4. The lowest BCUT2D eigenvalue weighted by Crippen LogP contribution is -2.01. The molecular formula is C66H40N6O2. The lowest BCUT2D eigenvalue weighted by Gasteiger charge is -2.13. The highest BCUT2D eigenvalue weighted by Gasteiger charge is 2.24. The van der Waals surface area contributed by atoms with Gasteiger partial charge < -0.3 is 8.83 Å². The quantitative estimate of drug-likeness (QED) is 0.160. The predicted molar refractivity (Wildman–Crippen MR) is 300 cm³/mol.